The Bertz CT molecular complexity index is 880. The molecule has 1 aromatic carbocycles. The molecular formula is C14H9ClFN5S. The van der Waals surface area contributed by atoms with Gasteiger partial charge in [0.15, 0.2) is 11.4 Å². The van der Waals surface area contributed by atoms with Crippen molar-refractivity contribution in [3.63, 3.8) is 0 Å². The summed E-state index contributed by atoms with van der Waals surface area (Å²) in [5.74, 6) is -0.434. The number of rotatable bonds is 3. The van der Waals surface area contributed by atoms with E-state index in [0.717, 1.165) is 4.88 Å². The van der Waals surface area contributed by atoms with Crippen molar-refractivity contribution in [1.82, 2.24) is 20.4 Å². The molecule has 0 atom stereocenters. The fourth-order valence-corrected chi connectivity index (χ4v) is 3.22. The molecule has 3 aromatic rings. The van der Waals surface area contributed by atoms with Crippen LogP contribution in [0.5, 0.6) is 0 Å². The van der Waals surface area contributed by atoms with Crippen LogP contribution in [0, 0.1) is 17.1 Å². The van der Waals surface area contributed by atoms with E-state index in [1.54, 1.807) is 12.1 Å². The van der Waals surface area contributed by atoms with E-state index in [1.807, 2.05) is 13.0 Å². The Balaban J connectivity index is 2.15. The zero-order chi connectivity index (χ0) is 15.7. The molecule has 110 valence electrons. The third kappa shape index (κ3) is 2.47. The number of thiazole rings is 1. The normalized spacial score (nSPS) is 10.6. The first-order valence-electron chi connectivity index (χ1n) is 6.40. The fraction of sp³-hybridized carbons (Fsp3) is 0.143. The molecular weight excluding hydrogens is 325 g/mol. The monoisotopic (exact) mass is 333 g/mol. The van der Waals surface area contributed by atoms with Crippen LogP contribution in [0.4, 0.5) is 4.39 Å². The molecule has 1 N–H and O–H groups in total. The molecule has 0 aliphatic carbocycles. The molecule has 0 unspecified atom stereocenters. The lowest BCUT2D eigenvalue weighted by Crippen LogP contribution is -1.88. The maximum absolute atomic E-state index is 14.1. The summed E-state index contributed by atoms with van der Waals surface area (Å²) >= 11 is 7.14. The van der Waals surface area contributed by atoms with Crippen LogP contribution >= 0.6 is 22.9 Å². The highest BCUT2D eigenvalue weighted by molar-refractivity contribution is 7.15. The molecule has 0 aliphatic heterocycles. The van der Waals surface area contributed by atoms with Gasteiger partial charge in [0.2, 0.25) is 0 Å². The molecule has 2 heterocycles. The molecule has 0 radical (unpaired) electrons. The first-order valence-corrected chi connectivity index (χ1v) is 7.59. The summed E-state index contributed by atoms with van der Waals surface area (Å²) in [6.07, 6.45) is 0.694. The van der Waals surface area contributed by atoms with E-state index in [0.29, 0.717) is 33.4 Å². The largest absolute Gasteiger partial charge is 0.234 e. The van der Waals surface area contributed by atoms with Crippen LogP contribution in [0.2, 0.25) is 5.02 Å². The lowest BCUT2D eigenvalue weighted by atomic mass is 10.2. The van der Waals surface area contributed by atoms with Crippen molar-refractivity contribution in [1.29, 1.82) is 5.26 Å². The number of hydrogen-bond donors (Lipinski definition) is 1. The van der Waals surface area contributed by atoms with Gasteiger partial charge in [0.05, 0.1) is 0 Å². The van der Waals surface area contributed by atoms with Gasteiger partial charge in [0.25, 0.3) is 0 Å². The molecule has 3 rings (SSSR count). The number of aromatic nitrogens is 4. The van der Waals surface area contributed by atoms with Gasteiger partial charge in [-0.1, -0.05) is 18.5 Å². The molecule has 0 bridgehead atoms. The average molecular weight is 334 g/mol. The van der Waals surface area contributed by atoms with Crippen molar-refractivity contribution >= 4 is 22.9 Å². The molecule has 0 fully saturated rings. The highest BCUT2D eigenvalue weighted by Gasteiger charge is 2.20. The van der Waals surface area contributed by atoms with E-state index in [1.165, 1.54) is 17.4 Å². The topological polar surface area (TPSA) is 78.2 Å². The Morgan fingerprint density at radius 3 is 2.86 bits per heavy atom. The second kappa shape index (κ2) is 5.83. The third-order valence-corrected chi connectivity index (χ3v) is 4.53. The summed E-state index contributed by atoms with van der Waals surface area (Å²) < 4.78 is 14.1. The van der Waals surface area contributed by atoms with Crippen molar-refractivity contribution in [3.05, 3.63) is 39.6 Å². The van der Waals surface area contributed by atoms with Crippen LogP contribution in [0.3, 0.4) is 0 Å². The second-order valence-corrected chi connectivity index (χ2v) is 5.92. The number of hydrogen-bond acceptors (Lipinski definition) is 5. The molecule has 5 nitrogen and oxygen atoms in total. The molecule has 0 saturated carbocycles. The quantitative estimate of drug-likeness (QED) is 0.790. The molecule has 0 aliphatic rings. The first-order chi connectivity index (χ1) is 10.6. The minimum atomic E-state index is -0.434. The Hall–Kier alpha value is -2.30. The average Bonchev–Trinajstić information content (AvgIpc) is 3.12. The second-order valence-electron chi connectivity index (χ2n) is 4.40. The van der Waals surface area contributed by atoms with E-state index >= 15 is 0 Å². The van der Waals surface area contributed by atoms with Gasteiger partial charge >= 0.3 is 0 Å². The first kappa shape index (κ1) is 14.6. The zero-order valence-electron chi connectivity index (χ0n) is 11.4. The van der Waals surface area contributed by atoms with Gasteiger partial charge in [0.1, 0.15) is 22.6 Å². The van der Waals surface area contributed by atoms with E-state index in [2.05, 4.69) is 20.4 Å². The van der Waals surface area contributed by atoms with E-state index in [9.17, 15) is 4.39 Å². The number of nitriles is 1. The smallest absolute Gasteiger partial charge is 0.192 e. The maximum Gasteiger partial charge on any atom is 0.192 e. The third-order valence-electron chi connectivity index (χ3n) is 3.06. The van der Waals surface area contributed by atoms with Crippen molar-refractivity contribution < 1.29 is 4.39 Å². The fourth-order valence-electron chi connectivity index (χ4n) is 2.03. The Morgan fingerprint density at radius 1 is 1.36 bits per heavy atom. The maximum atomic E-state index is 14.1. The van der Waals surface area contributed by atoms with Gasteiger partial charge in [0, 0.05) is 15.5 Å². The minimum absolute atomic E-state index is 0.170. The summed E-state index contributed by atoms with van der Waals surface area (Å²) in [6, 6.07) is 6.42. The van der Waals surface area contributed by atoms with Crippen molar-refractivity contribution in [2.75, 3.05) is 0 Å². The van der Waals surface area contributed by atoms with Crippen molar-refractivity contribution in [2.45, 2.75) is 13.3 Å². The van der Waals surface area contributed by atoms with Gasteiger partial charge in [-0.3, -0.25) is 0 Å². The molecule has 0 spiro atoms. The van der Waals surface area contributed by atoms with Gasteiger partial charge in [-0.05, 0) is 24.6 Å². The van der Waals surface area contributed by atoms with Gasteiger partial charge in [-0.15, -0.1) is 16.4 Å². The SMILES string of the molecule is CCc1sc(-c2ccc(Cl)cc2F)nc1-c1n[nH]nc1C#N. The van der Waals surface area contributed by atoms with Gasteiger partial charge < -0.3 is 0 Å². The van der Waals surface area contributed by atoms with E-state index in [4.69, 9.17) is 16.9 Å². The Labute approximate surface area is 134 Å². The molecule has 8 heteroatoms. The summed E-state index contributed by atoms with van der Waals surface area (Å²) in [4.78, 5) is 5.37. The highest BCUT2D eigenvalue weighted by atomic mass is 35.5. The molecule has 0 saturated heterocycles. The zero-order valence-corrected chi connectivity index (χ0v) is 13.0. The summed E-state index contributed by atoms with van der Waals surface area (Å²) in [7, 11) is 0. The van der Waals surface area contributed by atoms with Crippen LogP contribution in [0.15, 0.2) is 18.2 Å². The highest BCUT2D eigenvalue weighted by Crippen LogP contribution is 2.35. The summed E-state index contributed by atoms with van der Waals surface area (Å²) in [6.45, 7) is 1.96. The lowest BCUT2D eigenvalue weighted by molar-refractivity contribution is 0.631. The number of aryl methyl sites for hydroxylation is 1. The van der Waals surface area contributed by atoms with Crippen molar-refractivity contribution in [3.8, 4) is 28.0 Å². The summed E-state index contributed by atoms with van der Waals surface area (Å²) in [5.41, 5.74) is 1.49. The number of H-pyrrole nitrogens is 1. The number of benzene rings is 1. The molecule has 22 heavy (non-hydrogen) atoms. The van der Waals surface area contributed by atoms with Crippen LogP contribution in [-0.4, -0.2) is 20.4 Å². The Kier molecular flexibility index (Phi) is 3.88. The molecule has 0 amide bonds. The lowest BCUT2D eigenvalue weighted by Gasteiger charge is -1.98. The van der Waals surface area contributed by atoms with Gasteiger partial charge in [-0.25, -0.2) is 9.37 Å². The predicted octanol–water partition coefficient (Wildman–Crippen LogP) is 3.82. The standard InChI is InChI=1S/C14H9ClFN5S/c1-2-11-13(12-10(6-17)19-21-20-12)18-14(22-11)8-4-3-7(15)5-9(8)16/h3-5H,2H2,1H3,(H,19,20,21). The van der Waals surface area contributed by atoms with Crippen LogP contribution < -0.4 is 0 Å². The number of halogens is 2. The minimum Gasteiger partial charge on any atom is -0.234 e. The number of nitrogens with one attached hydrogen (secondary N) is 1. The predicted molar refractivity (Wildman–Crippen MR) is 82.0 cm³/mol. The van der Waals surface area contributed by atoms with Crippen molar-refractivity contribution in [2.24, 2.45) is 0 Å². The van der Waals surface area contributed by atoms with Crippen LogP contribution in [-0.2, 0) is 6.42 Å². The number of aromatic amines is 1. The van der Waals surface area contributed by atoms with E-state index in [-0.39, 0.29) is 5.69 Å². The Morgan fingerprint density at radius 2 is 2.18 bits per heavy atom. The van der Waals surface area contributed by atoms with Gasteiger partial charge in [-0.2, -0.15) is 15.6 Å². The van der Waals surface area contributed by atoms with E-state index < -0.39 is 5.82 Å². The number of nitrogens with zero attached hydrogens (tertiary/aromatic N) is 4. The van der Waals surface area contributed by atoms with Crippen LogP contribution in [0.1, 0.15) is 17.5 Å². The summed E-state index contributed by atoms with van der Waals surface area (Å²) in [5, 5.41) is 20.1. The van der Waals surface area contributed by atoms with Crippen LogP contribution in [0.25, 0.3) is 22.0 Å². The molecule has 2 aromatic heterocycles.